The van der Waals surface area contributed by atoms with Crippen molar-refractivity contribution in [2.75, 3.05) is 26.2 Å². The van der Waals surface area contributed by atoms with Crippen molar-refractivity contribution < 1.29 is 4.79 Å². The standard InChI is InChI=1S/C25H48N2O/c1-2-3-4-5-6-7-8-9-10-11-12-13-14-15-16-17-21-26-22-20-25(28)27-23-18-19-24-27/h9-10,26H,2-8,11-24H2,1H3/b10-9-. The third kappa shape index (κ3) is 15.1. The van der Waals surface area contributed by atoms with E-state index >= 15 is 0 Å². The summed E-state index contributed by atoms with van der Waals surface area (Å²) in [6, 6.07) is 0. The van der Waals surface area contributed by atoms with E-state index in [1.165, 1.54) is 103 Å². The van der Waals surface area contributed by atoms with Crippen molar-refractivity contribution in [2.24, 2.45) is 0 Å². The Kier molecular flexibility index (Phi) is 17.5. The fourth-order valence-corrected chi connectivity index (χ4v) is 3.94. The number of nitrogens with zero attached hydrogens (tertiary/aromatic N) is 1. The average molecular weight is 393 g/mol. The highest BCUT2D eigenvalue weighted by atomic mass is 16.2. The van der Waals surface area contributed by atoms with Gasteiger partial charge in [-0.2, -0.15) is 0 Å². The number of allylic oxidation sites excluding steroid dienone is 2. The van der Waals surface area contributed by atoms with Crippen LogP contribution in [0.5, 0.6) is 0 Å². The predicted molar refractivity (Wildman–Crippen MR) is 123 cm³/mol. The van der Waals surface area contributed by atoms with Gasteiger partial charge in [0.15, 0.2) is 0 Å². The Hall–Kier alpha value is -0.830. The minimum Gasteiger partial charge on any atom is -0.343 e. The highest BCUT2D eigenvalue weighted by molar-refractivity contribution is 5.76. The molecule has 1 rings (SSSR count). The van der Waals surface area contributed by atoms with Crippen LogP contribution in [0.3, 0.4) is 0 Å². The van der Waals surface area contributed by atoms with Crippen molar-refractivity contribution >= 4 is 5.91 Å². The van der Waals surface area contributed by atoms with Crippen molar-refractivity contribution in [3.8, 4) is 0 Å². The molecule has 1 N–H and O–H groups in total. The Morgan fingerprint density at radius 1 is 0.750 bits per heavy atom. The smallest absolute Gasteiger partial charge is 0.223 e. The topological polar surface area (TPSA) is 32.3 Å². The van der Waals surface area contributed by atoms with Gasteiger partial charge in [-0.25, -0.2) is 0 Å². The average Bonchev–Trinajstić information content (AvgIpc) is 3.24. The molecule has 0 radical (unpaired) electrons. The molecular formula is C25H48N2O. The van der Waals surface area contributed by atoms with Gasteiger partial charge in [-0.1, -0.05) is 76.9 Å². The summed E-state index contributed by atoms with van der Waals surface area (Å²) in [5.74, 6) is 0.339. The van der Waals surface area contributed by atoms with E-state index in [0.717, 1.165) is 26.2 Å². The first kappa shape index (κ1) is 25.2. The van der Waals surface area contributed by atoms with E-state index in [1.807, 2.05) is 4.90 Å². The maximum absolute atomic E-state index is 11.9. The summed E-state index contributed by atoms with van der Waals surface area (Å²) in [6.45, 7) is 6.15. The van der Waals surface area contributed by atoms with Crippen LogP contribution < -0.4 is 5.32 Å². The second kappa shape index (κ2) is 19.5. The Morgan fingerprint density at radius 3 is 1.89 bits per heavy atom. The van der Waals surface area contributed by atoms with E-state index in [9.17, 15) is 4.79 Å². The lowest BCUT2D eigenvalue weighted by Gasteiger charge is -2.15. The number of carbonyl (C=O) groups excluding carboxylic acids is 1. The number of hydrogen-bond acceptors (Lipinski definition) is 2. The lowest BCUT2D eigenvalue weighted by atomic mass is 10.1. The molecule has 0 aliphatic carbocycles. The lowest BCUT2D eigenvalue weighted by molar-refractivity contribution is -0.130. The fourth-order valence-electron chi connectivity index (χ4n) is 3.94. The predicted octanol–water partition coefficient (Wildman–Crippen LogP) is 6.63. The van der Waals surface area contributed by atoms with Gasteiger partial charge in [-0.15, -0.1) is 0 Å². The van der Waals surface area contributed by atoms with Crippen LogP contribution in [0.15, 0.2) is 12.2 Å². The first-order valence-corrected chi connectivity index (χ1v) is 12.5. The second-order valence-corrected chi connectivity index (χ2v) is 8.53. The van der Waals surface area contributed by atoms with Gasteiger partial charge in [0, 0.05) is 26.1 Å². The van der Waals surface area contributed by atoms with Gasteiger partial charge in [0.1, 0.15) is 0 Å². The number of amides is 1. The van der Waals surface area contributed by atoms with Crippen LogP contribution in [0.1, 0.15) is 116 Å². The summed E-state index contributed by atoms with van der Waals surface area (Å²) in [5.41, 5.74) is 0. The molecule has 164 valence electrons. The number of likely N-dealkylation sites (tertiary alicyclic amines) is 1. The summed E-state index contributed by atoms with van der Waals surface area (Å²) in [6.07, 6.45) is 26.8. The van der Waals surface area contributed by atoms with Crippen LogP contribution in [0.2, 0.25) is 0 Å². The molecule has 0 atom stereocenters. The normalized spacial score (nSPS) is 14.4. The highest BCUT2D eigenvalue weighted by Crippen LogP contribution is 2.10. The van der Waals surface area contributed by atoms with Crippen LogP contribution in [0.4, 0.5) is 0 Å². The molecule has 1 heterocycles. The quantitative estimate of drug-likeness (QED) is 0.198. The Balaban J connectivity index is 1.71. The van der Waals surface area contributed by atoms with Crippen molar-refractivity contribution in [1.29, 1.82) is 0 Å². The monoisotopic (exact) mass is 392 g/mol. The Bertz CT molecular complexity index is 375. The molecule has 3 heteroatoms. The minimum atomic E-state index is 0.339. The van der Waals surface area contributed by atoms with Crippen molar-refractivity contribution in [3.63, 3.8) is 0 Å². The molecule has 0 aromatic heterocycles. The van der Waals surface area contributed by atoms with Gasteiger partial charge in [-0.3, -0.25) is 4.79 Å². The first-order chi connectivity index (χ1) is 13.8. The second-order valence-electron chi connectivity index (χ2n) is 8.53. The molecule has 1 aliphatic heterocycles. The molecular weight excluding hydrogens is 344 g/mol. The molecule has 0 unspecified atom stereocenters. The van der Waals surface area contributed by atoms with E-state index in [4.69, 9.17) is 0 Å². The highest BCUT2D eigenvalue weighted by Gasteiger charge is 2.16. The van der Waals surface area contributed by atoms with Gasteiger partial charge >= 0.3 is 0 Å². The zero-order valence-electron chi connectivity index (χ0n) is 18.9. The fraction of sp³-hybridized carbons (Fsp3) is 0.880. The molecule has 0 spiro atoms. The third-order valence-corrected chi connectivity index (χ3v) is 5.84. The van der Waals surface area contributed by atoms with Crippen molar-refractivity contribution in [1.82, 2.24) is 10.2 Å². The summed E-state index contributed by atoms with van der Waals surface area (Å²) < 4.78 is 0. The molecule has 1 amide bonds. The Morgan fingerprint density at radius 2 is 1.29 bits per heavy atom. The number of rotatable bonds is 19. The SMILES string of the molecule is CCCCCCCC/C=C\CCCCCCCCNCCC(=O)N1CCCC1. The summed E-state index contributed by atoms with van der Waals surface area (Å²) >= 11 is 0. The van der Waals surface area contributed by atoms with Crippen molar-refractivity contribution in [2.45, 2.75) is 116 Å². The zero-order valence-corrected chi connectivity index (χ0v) is 18.9. The maximum Gasteiger partial charge on any atom is 0.223 e. The third-order valence-electron chi connectivity index (χ3n) is 5.84. The molecule has 0 aromatic carbocycles. The molecule has 28 heavy (non-hydrogen) atoms. The van der Waals surface area contributed by atoms with E-state index in [1.54, 1.807) is 0 Å². The van der Waals surface area contributed by atoms with Gasteiger partial charge < -0.3 is 10.2 Å². The van der Waals surface area contributed by atoms with E-state index in [2.05, 4.69) is 24.4 Å². The van der Waals surface area contributed by atoms with Gasteiger partial charge in [-0.05, 0) is 51.5 Å². The van der Waals surface area contributed by atoms with E-state index in [-0.39, 0.29) is 0 Å². The van der Waals surface area contributed by atoms with Gasteiger partial charge in [0.25, 0.3) is 0 Å². The zero-order chi connectivity index (χ0) is 20.1. The van der Waals surface area contributed by atoms with Gasteiger partial charge in [0.2, 0.25) is 5.91 Å². The van der Waals surface area contributed by atoms with Crippen LogP contribution in [-0.2, 0) is 4.79 Å². The van der Waals surface area contributed by atoms with Crippen molar-refractivity contribution in [3.05, 3.63) is 12.2 Å². The molecule has 3 nitrogen and oxygen atoms in total. The molecule has 0 bridgehead atoms. The summed E-state index contributed by atoms with van der Waals surface area (Å²) in [5, 5.41) is 3.43. The summed E-state index contributed by atoms with van der Waals surface area (Å²) in [4.78, 5) is 13.9. The van der Waals surface area contributed by atoms with Crippen LogP contribution in [0, 0.1) is 0 Å². The Labute approximate surface area is 175 Å². The first-order valence-electron chi connectivity index (χ1n) is 12.5. The molecule has 0 aromatic rings. The van der Waals surface area contributed by atoms with Crippen LogP contribution in [0.25, 0.3) is 0 Å². The van der Waals surface area contributed by atoms with Gasteiger partial charge in [0.05, 0.1) is 0 Å². The minimum absolute atomic E-state index is 0.339. The molecule has 1 aliphatic rings. The molecule has 1 fully saturated rings. The van der Waals surface area contributed by atoms with Crippen LogP contribution >= 0.6 is 0 Å². The van der Waals surface area contributed by atoms with E-state index < -0.39 is 0 Å². The van der Waals surface area contributed by atoms with Crippen LogP contribution in [-0.4, -0.2) is 37.0 Å². The molecule has 0 saturated carbocycles. The number of nitrogens with one attached hydrogen (secondary N) is 1. The number of carbonyl (C=O) groups is 1. The maximum atomic E-state index is 11.9. The van der Waals surface area contributed by atoms with E-state index in [0.29, 0.717) is 12.3 Å². The summed E-state index contributed by atoms with van der Waals surface area (Å²) in [7, 11) is 0. The largest absolute Gasteiger partial charge is 0.343 e. The number of unbranched alkanes of at least 4 members (excludes halogenated alkanes) is 12. The number of hydrogen-bond donors (Lipinski definition) is 1. The molecule has 1 saturated heterocycles. The lowest BCUT2D eigenvalue weighted by Crippen LogP contribution is -2.30.